The van der Waals surface area contributed by atoms with Crippen LogP contribution >= 0.6 is 0 Å². The Labute approximate surface area is 149 Å². The van der Waals surface area contributed by atoms with E-state index < -0.39 is 0 Å². The first-order chi connectivity index (χ1) is 10.9. The van der Waals surface area contributed by atoms with E-state index in [4.69, 9.17) is 0 Å². The Hall–Kier alpha value is -1.57. The van der Waals surface area contributed by atoms with Gasteiger partial charge in [0.15, 0.2) is 0 Å². The monoisotopic (exact) mass is 328 g/mol. The second-order valence-electron chi connectivity index (χ2n) is 8.79. The van der Waals surface area contributed by atoms with Crippen LogP contribution in [0.3, 0.4) is 0 Å². The average molecular weight is 329 g/mol. The summed E-state index contributed by atoms with van der Waals surface area (Å²) in [6.45, 7) is 21.9. The lowest BCUT2D eigenvalue weighted by molar-refractivity contribution is 0.222. The largest absolute Gasteiger partial charge is 0.277 e. The highest BCUT2D eigenvalue weighted by molar-refractivity contribution is 5.37. The van der Waals surface area contributed by atoms with Crippen molar-refractivity contribution in [2.75, 3.05) is 7.05 Å². The summed E-state index contributed by atoms with van der Waals surface area (Å²) in [6, 6.07) is 4.63. The first-order valence-corrected chi connectivity index (χ1v) is 8.83. The summed E-state index contributed by atoms with van der Waals surface area (Å²) in [4.78, 5) is 0. The van der Waals surface area contributed by atoms with E-state index in [-0.39, 0.29) is 10.8 Å². The van der Waals surface area contributed by atoms with E-state index in [2.05, 4.69) is 85.5 Å². The van der Waals surface area contributed by atoms with Crippen LogP contribution in [-0.2, 0) is 6.42 Å². The highest BCUT2D eigenvalue weighted by atomic mass is 15.4. The number of allylic oxidation sites excluding steroid dienone is 1. The van der Waals surface area contributed by atoms with Crippen molar-refractivity contribution in [2.45, 2.75) is 68.2 Å². The van der Waals surface area contributed by atoms with E-state index in [1.165, 1.54) is 27.8 Å². The predicted octanol–water partition coefficient (Wildman–Crippen LogP) is 6.05. The zero-order chi connectivity index (χ0) is 18.7. The zero-order valence-corrected chi connectivity index (χ0v) is 17.2. The lowest BCUT2D eigenvalue weighted by Crippen LogP contribution is -2.27. The minimum absolute atomic E-state index is 0.120. The Bertz CT molecular complexity index is 621. The van der Waals surface area contributed by atoms with Gasteiger partial charge in [-0.25, -0.2) is 0 Å². The Morgan fingerprint density at radius 2 is 1.75 bits per heavy atom. The molecule has 0 atom stereocenters. The molecule has 2 nitrogen and oxygen atoms in total. The third-order valence-corrected chi connectivity index (χ3v) is 5.18. The van der Waals surface area contributed by atoms with Gasteiger partial charge < -0.3 is 0 Å². The Morgan fingerprint density at radius 1 is 1.17 bits per heavy atom. The second-order valence-corrected chi connectivity index (χ2v) is 8.79. The summed E-state index contributed by atoms with van der Waals surface area (Å²) >= 11 is 0. The van der Waals surface area contributed by atoms with Gasteiger partial charge in [0.1, 0.15) is 0 Å². The quantitative estimate of drug-likeness (QED) is 0.439. The molecule has 1 aromatic carbocycles. The molecule has 24 heavy (non-hydrogen) atoms. The van der Waals surface area contributed by atoms with Crippen LogP contribution in [0.15, 0.2) is 29.0 Å². The van der Waals surface area contributed by atoms with Crippen molar-refractivity contribution in [1.29, 1.82) is 0 Å². The van der Waals surface area contributed by atoms with Crippen molar-refractivity contribution in [1.82, 2.24) is 5.01 Å². The molecule has 0 saturated carbocycles. The number of aryl methyl sites for hydroxylation is 2. The molecule has 0 fully saturated rings. The summed E-state index contributed by atoms with van der Waals surface area (Å²) in [7, 11) is 1.93. The fourth-order valence-electron chi connectivity index (χ4n) is 3.72. The van der Waals surface area contributed by atoms with E-state index in [0.29, 0.717) is 0 Å². The normalized spacial score (nSPS) is 13.1. The van der Waals surface area contributed by atoms with Gasteiger partial charge in [0.25, 0.3) is 0 Å². The second kappa shape index (κ2) is 7.55. The van der Waals surface area contributed by atoms with E-state index in [1.807, 2.05) is 7.05 Å². The maximum Gasteiger partial charge on any atom is 0.0296 e. The van der Waals surface area contributed by atoms with Crippen LogP contribution in [0.2, 0.25) is 0 Å². The van der Waals surface area contributed by atoms with Crippen molar-refractivity contribution in [3.8, 4) is 0 Å². The maximum absolute atomic E-state index is 3.94. The van der Waals surface area contributed by atoms with Gasteiger partial charge in [-0.2, -0.15) is 5.10 Å². The van der Waals surface area contributed by atoms with E-state index >= 15 is 0 Å². The number of hydrogen-bond donors (Lipinski definition) is 0. The SMILES string of the molecule is C=NN(C)/C=C(\C)C(C)(C)CC(C)(C)Cc1cc(C)cc(C)c1C. The zero-order valence-electron chi connectivity index (χ0n) is 17.2. The van der Waals surface area contributed by atoms with Crippen LogP contribution in [0, 0.1) is 31.6 Å². The van der Waals surface area contributed by atoms with Crippen LogP contribution in [-0.4, -0.2) is 18.8 Å². The number of nitrogens with zero attached hydrogens (tertiary/aromatic N) is 2. The summed E-state index contributed by atoms with van der Waals surface area (Å²) in [5.41, 5.74) is 7.36. The van der Waals surface area contributed by atoms with Gasteiger partial charge in [0.2, 0.25) is 0 Å². The number of rotatable bonds is 7. The molecule has 0 heterocycles. The molecule has 0 spiro atoms. The predicted molar refractivity (Wildman–Crippen MR) is 108 cm³/mol. The van der Waals surface area contributed by atoms with Gasteiger partial charge >= 0.3 is 0 Å². The summed E-state index contributed by atoms with van der Waals surface area (Å²) in [5.74, 6) is 0. The summed E-state index contributed by atoms with van der Waals surface area (Å²) in [6.07, 6.45) is 4.32. The standard InChI is InChI=1S/C22H36N2/c1-16-11-17(2)19(4)20(12-16)13-21(5,6)15-22(7,8)18(3)14-24(10)23-9/h11-12,14H,9,13,15H2,1-8,10H3/b18-14+. The maximum atomic E-state index is 3.94. The van der Waals surface area contributed by atoms with Gasteiger partial charge in [-0.1, -0.05) is 45.4 Å². The molecule has 2 heteroatoms. The number of benzene rings is 1. The average Bonchev–Trinajstić information content (AvgIpc) is 2.42. The topological polar surface area (TPSA) is 15.6 Å². The molecule has 0 N–H and O–H groups in total. The molecule has 0 radical (unpaired) electrons. The lowest BCUT2D eigenvalue weighted by atomic mass is 9.69. The Balaban J connectivity index is 3.01. The number of hydrogen-bond acceptors (Lipinski definition) is 2. The summed E-state index contributed by atoms with van der Waals surface area (Å²) < 4.78 is 0. The fourth-order valence-corrected chi connectivity index (χ4v) is 3.72. The molecule has 0 saturated heterocycles. The molecular formula is C22H36N2. The fraction of sp³-hybridized carbons (Fsp3) is 0.591. The van der Waals surface area contributed by atoms with Gasteiger partial charge in [-0.05, 0) is 73.6 Å². The molecule has 1 aromatic rings. The molecular weight excluding hydrogens is 292 g/mol. The van der Waals surface area contributed by atoms with Crippen LogP contribution in [0.4, 0.5) is 0 Å². The Morgan fingerprint density at radius 3 is 2.29 bits per heavy atom. The van der Waals surface area contributed by atoms with Gasteiger partial charge in [-0.15, -0.1) is 0 Å². The third-order valence-electron chi connectivity index (χ3n) is 5.18. The molecule has 134 valence electrons. The van der Waals surface area contributed by atoms with E-state index in [1.54, 1.807) is 5.01 Å². The first kappa shape index (κ1) is 20.5. The van der Waals surface area contributed by atoms with Crippen molar-refractivity contribution in [3.05, 3.63) is 46.2 Å². The lowest BCUT2D eigenvalue weighted by Gasteiger charge is -2.37. The van der Waals surface area contributed by atoms with Gasteiger partial charge in [-0.3, -0.25) is 5.01 Å². The highest BCUT2D eigenvalue weighted by Crippen LogP contribution is 2.41. The van der Waals surface area contributed by atoms with Gasteiger partial charge in [0.05, 0.1) is 0 Å². The van der Waals surface area contributed by atoms with Crippen LogP contribution in [0.25, 0.3) is 0 Å². The van der Waals surface area contributed by atoms with Crippen LogP contribution in [0.5, 0.6) is 0 Å². The van der Waals surface area contributed by atoms with Crippen molar-refractivity contribution < 1.29 is 0 Å². The Kier molecular flexibility index (Phi) is 6.44. The molecule has 1 rings (SSSR count). The van der Waals surface area contributed by atoms with Crippen LogP contribution in [0.1, 0.15) is 63.3 Å². The molecule has 0 aliphatic rings. The van der Waals surface area contributed by atoms with Crippen LogP contribution < -0.4 is 0 Å². The van der Waals surface area contributed by atoms with Crippen molar-refractivity contribution in [3.63, 3.8) is 0 Å². The molecule has 0 aliphatic heterocycles. The number of hydrazone groups is 1. The third kappa shape index (κ3) is 5.51. The minimum atomic E-state index is 0.120. The molecule has 0 bridgehead atoms. The minimum Gasteiger partial charge on any atom is -0.277 e. The van der Waals surface area contributed by atoms with Crippen molar-refractivity contribution in [2.24, 2.45) is 15.9 Å². The highest BCUT2D eigenvalue weighted by Gasteiger charge is 2.31. The van der Waals surface area contributed by atoms with Crippen molar-refractivity contribution >= 4 is 6.72 Å². The van der Waals surface area contributed by atoms with E-state index in [0.717, 1.165) is 12.8 Å². The molecule has 0 unspecified atom stereocenters. The molecule has 0 amide bonds. The van der Waals surface area contributed by atoms with E-state index in [9.17, 15) is 0 Å². The summed E-state index contributed by atoms with van der Waals surface area (Å²) in [5, 5.41) is 5.73. The van der Waals surface area contributed by atoms with Gasteiger partial charge in [0, 0.05) is 20.0 Å². The molecule has 0 aliphatic carbocycles. The smallest absolute Gasteiger partial charge is 0.0296 e. The first-order valence-electron chi connectivity index (χ1n) is 8.83. The molecule has 0 aromatic heterocycles.